The van der Waals surface area contributed by atoms with Crippen molar-refractivity contribution in [3.63, 3.8) is 0 Å². The highest BCUT2D eigenvalue weighted by molar-refractivity contribution is 5.81. The maximum atomic E-state index is 13.1. The fourth-order valence-electron chi connectivity index (χ4n) is 4.90. The van der Waals surface area contributed by atoms with Crippen molar-refractivity contribution in [2.45, 2.75) is 25.3 Å². The van der Waals surface area contributed by atoms with E-state index in [1.807, 2.05) is 48.4 Å². The molecule has 1 aliphatic heterocycles. The number of amides is 1. The van der Waals surface area contributed by atoms with Gasteiger partial charge in [0.2, 0.25) is 5.91 Å². The van der Waals surface area contributed by atoms with E-state index in [1.165, 1.54) is 0 Å². The van der Waals surface area contributed by atoms with E-state index >= 15 is 0 Å². The number of anilines is 1. The van der Waals surface area contributed by atoms with Gasteiger partial charge in [0.15, 0.2) is 0 Å². The Bertz CT molecular complexity index is 1360. The number of nitriles is 1. The summed E-state index contributed by atoms with van der Waals surface area (Å²) in [6, 6.07) is 14.2. The quantitative estimate of drug-likeness (QED) is 0.592. The van der Waals surface area contributed by atoms with Crippen molar-refractivity contribution in [1.29, 1.82) is 5.26 Å². The van der Waals surface area contributed by atoms with Gasteiger partial charge < -0.3 is 21.3 Å². The molecular weight excluding hydrogens is 446 g/mol. The van der Waals surface area contributed by atoms with E-state index in [1.54, 1.807) is 18.3 Å². The van der Waals surface area contributed by atoms with E-state index in [9.17, 15) is 10.1 Å². The number of rotatable bonds is 6. The first-order valence-electron chi connectivity index (χ1n) is 12.4. The van der Waals surface area contributed by atoms with Gasteiger partial charge in [-0.15, -0.1) is 0 Å². The van der Waals surface area contributed by atoms with Gasteiger partial charge in [-0.1, -0.05) is 36.9 Å². The third kappa shape index (κ3) is 5.52. The number of piperidine rings is 1. The average molecular weight is 480 g/mol. The van der Waals surface area contributed by atoms with Crippen molar-refractivity contribution >= 4 is 23.9 Å². The molecule has 1 heterocycles. The van der Waals surface area contributed by atoms with E-state index in [2.05, 4.69) is 41.5 Å². The number of carbonyl (C=O) groups excluding carboxylic acids is 1. The van der Waals surface area contributed by atoms with Gasteiger partial charge in [-0.05, 0) is 72.0 Å². The third-order valence-corrected chi connectivity index (χ3v) is 6.84. The summed E-state index contributed by atoms with van der Waals surface area (Å²) in [5.41, 5.74) is 10.6. The van der Waals surface area contributed by atoms with Crippen LogP contribution in [0.5, 0.6) is 0 Å². The lowest BCUT2D eigenvalue weighted by atomic mass is 9.95. The Hall–Kier alpha value is -4.24. The molecule has 6 nitrogen and oxygen atoms in total. The Labute approximate surface area is 212 Å². The number of allylic oxidation sites excluding steroid dienone is 3. The van der Waals surface area contributed by atoms with Crippen LogP contribution in [0, 0.1) is 17.2 Å². The van der Waals surface area contributed by atoms with E-state index < -0.39 is 0 Å². The Kier molecular flexibility index (Phi) is 7.92. The van der Waals surface area contributed by atoms with Crippen molar-refractivity contribution in [1.82, 2.24) is 10.2 Å². The lowest BCUT2D eigenvalue weighted by Crippen LogP contribution is -2.45. The first-order valence-corrected chi connectivity index (χ1v) is 12.4. The van der Waals surface area contributed by atoms with Gasteiger partial charge in [-0.3, -0.25) is 4.79 Å². The molecule has 6 heteroatoms. The highest BCUT2D eigenvalue weighted by Crippen LogP contribution is 2.24. The van der Waals surface area contributed by atoms with Gasteiger partial charge in [0, 0.05) is 49.0 Å². The molecule has 0 aromatic heterocycles. The minimum atomic E-state index is -0.0988. The normalized spacial score (nSPS) is 18.9. The molecular formula is C30H33N5O. The van der Waals surface area contributed by atoms with Crippen LogP contribution in [0.3, 0.4) is 0 Å². The number of hydrogen-bond donors (Lipinski definition) is 3. The largest absolute Gasteiger partial charge is 0.404 e. The lowest BCUT2D eigenvalue weighted by molar-refractivity contribution is -0.134. The van der Waals surface area contributed by atoms with Crippen molar-refractivity contribution in [3.8, 4) is 17.2 Å². The predicted molar refractivity (Wildman–Crippen MR) is 147 cm³/mol. The first-order chi connectivity index (χ1) is 17.6. The van der Waals surface area contributed by atoms with Crippen LogP contribution < -0.4 is 26.8 Å². The van der Waals surface area contributed by atoms with Crippen LogP contribution in [0.15, 0.2) is 73.0 Å². The van der Waals surface area contributed by atoms with Gasteiger partial charge in [-0.25, -0.2) is 0 Å². The molecule has 1 unspecified atom stereocenters. The van der Waals surface area contributed by atoms with E-state index in [-0.39, 0.29) is 17.9 Å². The smallest absolute Gasteiger partial charge is 0.229 e. The van der Waals surface area contributed by atoms with Crippen molar-refractivity contribution in [3.05, 3.63) is 89.0 Å². The number of carbonyl (C=O) groups is 1. The summed E-state index contributed by atoms with van der Waals surface area (Å²) in [5.74, 6) is 0.0991. The van der Waals surface area contributed by atoms with Gasteiger partial charge in [-0.2, -0.15) is 5.26 Å². The predicted octanol–water partition coefficient (Wildman–Crippen LogP) is 2.97. The number of likely N-dealkylation sites (N-methyl/N-ethyl adjacent to an activating group) is 1. The average Bonchev–Trinajstić information content (AvgIpc) is 2.93. The van der Waals surface area contributed by atoms with Crippen molar-refractivity contribution in [2.75, 3.05) is 25.5 Å². The first kappa shape index (κ1) is 24.9. The monoisotopic (exact) mass is 479 g/mol. The molecule has 1 amide bonds. The maximum Gasteiger partial charge on any atom is 0.229 e. The van der Waals surface area contributed by atoms with Gasteiger partial charge in [0.05, 0.1) is 17.6 Å². The Morgan fingerprint density at radius 2 is 2.03 bits per heavy atom. The van der Waals surface area contributed by atoms with Crippen molar-refractivity contribution < 1.29 is 4.79 Å². The van der Waals surface area contributed by atoms with Crippen molar-refractivity contribution in [2.24, 2.45) is 11.7 Å². The molecule has 1 saturated heterocycles. The zero-order valence-corrected chi connectivity index (χ0v) is 20.7. The number of hydrogen-bond acceptors (Lipinski definition) is 5. The molecule has 0 saturated carbocycles. The van der Waals surface area contributed by atoms with Gasteiger partial charge >= 0.3 is 0 Å². The molecule has 1 fully saturated rings. The summed E-state index contributed by atoms with van der Waals surface area (Å²) in [5, 5.41) is 18.0. The Balaban J connectivity index is 1.54. The molecule has 4 rings (SSSR count). The fourth-order valence-corrected chi connectivity index (χ4v) is 4.90. The molecule has 1 atom stereocenters. The molecule has 0 radical (unpaired) electrons. The van der Waals surface area contributed by atoms with E-state index in [4.69, 9.17) is 5.73 Å². The number of nitrogens with two attached hydrogens (primary N) is 1. The topological polar surface area (TPSA) is 94.2 Å². The zero-order valence-electron chi connectivity index (χ0n) is 20.7. The summed E-state index contributed by atoms with van der Waals surface area (Å²) in [4.78, 5) is 15.1. The molecule has 0 spiro atoms. The maximum absolute atomic E-state index is 13.1. The van der Waals surface area contributed by atoms with Crippen LogP contribution in [0.4, 0.5) is 5.69 Å². The number of nitrogens with zero attached hydrogens (tertiary/aromatic N) is 2. The van der Waals surface area contributed by atoms with Crippen LogP contribution in [0.25, 0.3) is 23.4 Å². The summed E-state index contributed by atoms with van der Waals surface area (Å²) < 4.78 is 0. The van der Waals surface area contributed by atoms with Crippen LogP contribution in [-0.2, 0) is 4.79 Å². The van der Waals surface area contributed by atoms with E-state index in [0.717, 1.165) is 65.3 Å². The number of benzene rings is 2. The highest BCUT2D eigenvalue weighted by Gasteiger charge is 2.28. The second kappa shape index (κ2) is 11.5. The molecule has 2 aromatic rings. The Morgan fingerprint density at radius 3 is 2.72 bits per heavy atom. The van der Waals surface area contributed by atoms with Gasteiger partial charge in [0.1, 0.15) is 0 Å². The van der Waals surface area contributed by atoms with Crippen LogP contribution in [-0.4, -0.2) is 37.0 Å². The standard InChI is InChI=1S/C30H33N5O/c1-3-6-23-16-25(22-8-4-7-21(15-22)19-31)18-29(28(23)20-32)34-26-11-13-35(14-12-26)30(36)24-9-5-10-27(17-24)33-2/h3-8,10,15-18,20,24,26,33-34H,1,9,11-14,32H2,2H3/b23-6-,28-20+. The fraction of sp³-hybridized carbons (Fsp3) is 0.267. The Morgan fingerprint density at radius 1 is 1.22 bits per heavy atom. The van der Waals surface area contributed by atoms with Crippen LogP contribution in [0.2, 0.25) is 0 Å². The lowest BCUT2D eigenvalue weighted by Gasteiger charge is -2.35. The summed E-state index contributed by atoms with van der Waals surface area (Å²) in [6.07, 6.45) is 13.9. The van der Waals surface area contributed by atoms with Crippen LogP contribution >= 0.6 is 0 Å². The molecule has 2 aliphatic rings. The third-order valence-electron chi connectivity index (χ3n) is 6.84. The second-order valence-corrected chi connectivity index (χ2v) is 9.15. The zero-order chi connectivity index (χ0) is 25.5. The molecule has 36 heavy (non-hydrogen) atoms. The number of likely N-dealkylation sites (tertiary alicyclic amines) is 1. The molecule has 184 valence electrons. The molecule has 2 aromatic carbocycles. The summed E-state index contributed by atoms with van der Waals surface area (Å²) in [6.45, 7) is 5.29. The van der Waals surface area contributed by atoms with E-state index in [0.29, 0.717) is 5.56 Å². The molecule has 1 aliphatic carbocycles. The summed E-state index contributed by atoms with van der Waals surface area (Å²) in [7, 11) is 1.88. The number of nitrogens with one attached hydrogen (secondary N) is 2. The summed E-state index contributed by atoms with van der Waals surface area (Å²) >= 11 is 0. The minimum Gasteiger partial charge on any atom is -0.404 e. The van der Waals surface area contributed by atoms with Crippen LogP contribution in [0.1, 0.15) is 24.8 Å². The molecule has 0 bridgehead atoms. The molecule has 4 N–H and O–H groups in total. The minimum absolute atomic E-state index is 0.0988. The van der Waals surface area contributed by atoms with Gasteiger partial charge in [0.25, 0.3) is 0 Å². The SMILES string of the molecule is C=C/C=c1/cc(-c2cccc(C#N)c2)cc(NC2CCN(C(=O)C3C=C(NC)C=CC3)CC2)/c1=C/N. The second-order valence-electron chi connectivity index (χ2n) is 9.15. The highest BCUT2D eigenvalue weighted by atomic mass is 16.2.